The highest BCUT2D eigenvalue weighted by atomic mass is 35.5. The Kier molecular flexibility index (Phi) is 4.51. The Morgan fingerprint density at radius 1 is 1.26 bits per heavy atom. The molecule has 0 aliphatic rings. The Morgan fingerprint density at radius 3 is 2.48 bits per heavy atom. The maximum Gasteiger partial charge on any atom is 0.232 e. The van der Waals surface area contributed by atoms with Crippen LogP contribution in [0.3, 0.4) is 0 Å². The molecular formula is C13H13ClF3N5O. The number of hydrogen-bond acceptors (Lipinski definition) is 6. The topological polar surface area (TPSA) is 86.0 Å². The lowest BCUT2D eigenvalue weighted by molar-refractivity contribution is 0.206. The zero-order chi connectivity index (χ0) is 17.4. The predicted molar refractivity (Wildman–Crippen MR) is 79.6 cm³/mol. The smallest absolute Gasteiger partial charge is 0.232 e. The molecule has 0 amide bonds. The SMILES string of the molecule is COc1c(Cl)cc(F)c(F)c1Nc1nc(N)nc(C(C)(C)F)n1. The third-order valence-electron chi connectivity index (χ3n) is 2.75. The van der Waals surface area contributed by atoms with E-state index in [0.29, 0.717) is 0 Å². The number of halogens is 4. The largest absolute Gasteiger partial charge is 0.493 e. The van der Waals surface area contributed by atoms with Gasteiger partial charge in [-0.3, -0.25) is 0 Å². The van der Waals surface area contributed by atoms with E-state index in [9.17, 15) is 13.2 Å². The first kappa shape index (κ1) is 17.1. The van der Waals surface area contributed by atoms with Crippen LogP contribution in [-0.2, 0) is 5.67 Å². The fraction of sp³-hybridized carbons (Fsp3) is 0.308. The van der Waals surface area contributed by atoms with E-state index in [1.54, 1.807) is 0 Å². The molecule has 0 radical (unpaired) electrons. The van der Waals surface area contributed by atoms with Crippen LogP contribution in [0, 0.1) is 11.6 Å². The van der Waals surface area contributed by atoms with Crippen molar-refractivity contribution in [3.63, 3.8) is 0 Å². The molecule has 0 fully saturated rings. The number of ether oxygens (including phenoxy) is 1. The summed E-state index contributed by atoms with van der Waals surface area (Å²) < 4.78 is 46.4. The highest BCUT2D eigenvalue weighted by molar-refractivity contribution is 6.32. The maximum atomic E-state index is 14.0. The molecule has 124 valence electrons. The first-order chi connectivity index (χ1) is 10.6. The molecule has 2 aromatic rings. The van der Waals surface area contributed by atoms with Crippen LogP contribution in [0.1, 0.15) is 19.7 Å². The molecule has 0 atom stereocenters. The van der Waals surface area contributed by atoms with Gasteiger partial charge in [-0.2, -0.15) is 15.0 Å². The second-order valence-corrected chi connectivity index (χ2v) is 5.41. The fourth-order valence-corrected chi connectivity index (χ4v) is 1.98. The Balaban J connectivity index is 2.54. The Morgan fingerprint density at radius 2 is 1.91 bits per heavy atom. The third kappa shape index (κ3) is 3.55. The van der Waals surface area contributed by atoms with Crippen LogP contribution in [0.15, 0.2) is 6.07 Å². The van der Waals surface area contributed by atoms with Crippen molar-refractivity contribution >= 4 is 29.2 Å². The first-order valence-electron chi connectivity index (χ1n) is 6.33. The summed E-state index contributed by atoms with van der Waals surface area (Å²) in [6.45, 7) is 2.43. The summed E-state index contributed by atoms with van der Waals surface area (Å²) in [7, 11) is 1.22. The van der Waals surface area contributed by atoms with Gasteiger partial charge in [0, 0.05) is 0 Å². The molecule has 6 nitrogen and oxygen atoms in total. The minimum absolute atomic E-state index is 0.161. The van der Waals surface area contributed by atoms with Crippen LogP contribution in [0.2, 0.25) is 5.02 Å². The standard InChI is InChI=1S/C13H13ClF3N5O/c1-13(2,17)10-20-11(18)22-12(21-10)19-8-7(16)6(15)4-5(14)9(8)23-3/h4H,1-3H3,(H3,18,19,20,21,22). The second-order valence-electron chi connectivity index (χ2n) is 5.00. The van der Waals surface area contributed by atoms with E-state index in [1.807, 2.05) is 0 Å². The van der Waals surface area contributed by atoms with Gasteiger partial charge in [0.25, 0.3) is 0 Å². The van der Waals surface area contributed by atoms with Gasteiger partial charge in [0.2, 0.25) is 11.9 Å². The summed E-state index contributed by atoms with van der Waals surface area (Å²) in [5.74, 6) is -3.46. The molecule has 23 heavy (non-hydrogen) atoms. The molecule has 0 saturated heterocycles. The number of nitrogens with one attached hydrogen (secondary N) is 1. The number of nitrogens with two attached hydrogens (primary N) is 1. The fourth-order valence-electron chi connectivity index (χ4n) is 1.72. The van der Waals surface area contributed by atoms with Crippen LogP contribution in [-0.4, -0.2) is 22.1 Å². The highest BCUT2D eigenvalue weighted by Crippen LogP contribution is 2.38. The molecule has 1 aromatic heterocycles. The minimum atomic E-state index is -1.91. The number of methoxy groups -OCH3 is 1. The van der Waals surface area contributed by atoms with Crippen LogP contribution < -0.4 is 15.8 Å². The van der Waals surface area contributed by atoms with Crippen molar-refractivity contribution in [2.45, 2.75) is 19.5 Å². The van der Waals surface area contributed by atoms with Crippen molar-refractivity contribution in [3.05, 3.63) is 28.5 Å². The van der Waals surface area contributed by atoms with Crippen molar-refractivity contribution in [2.75, 3.05) is 18.2 Å². The van der Waals surface area contributed by atoms with Crippen molar-refractivity contribution in [2.24, 2.45) is 0 Å². The lowest BCUT2D eigenvalue weighted by Crippen LogP contribution is -2.18. The summed E-state index contributed by atoms with van der Waals surface area (Å²) in [4.78, 5) is 11.2. The molecule has 1 aromatic carbocycles. The first-order valence-corrected chi connectivity index (χ1v) is 6.70. The number of hydrogen-bond donors (Lipinski definition) is 2. The monoisotopic (exact) mass is 347 g/mol. The molecular weight excluding hydrogens is 335 g/mol. The molecule has 0 spiro atoms. The van der Waals surface area contributed by atoms with E-state index in [0.717, 1.165) is 6.07 Å². The van der Waals surface area contributed by atoms with Gasteiger partial charge >= 0.3 is 0 Å². The number of benzene rings is 1. The number of alkyl halides is 1. The van der Waals surface area contributed by atoms with Gasteiger partial charge in [-0.1, -0.05) is 11.6 Å². The lowest BCUT2D eigenvalue weighted by Gasteiger charge is -2.16. The summed E-state index contributed by atoms with van der Waals surface area (Å²) in [6.07, 6.45) is 0. The number of nitrogen functional groups attached to an aromatic ring is 1. The van der Waals surface area contributed by atoms with Crippen LogP contribution in [0.25, 0.3) is 0 Å². The number of anilines is 3. The van der Waals surface area contributed by atoms with Crippen molar-refractivity contribution in [3.8, 4) is 5.75 Å². The van der Waals surface area contributed by atoms with Gasteiger partial charge in [0.15, 0.2) is 28.9 Å². The quantitative estimate of drug-likeness (QED) is 0.825. The van der Waals surface area contributed by atoms with E-state index in [-0.39, 0.29) is 28.5 Å². The van der Waals surface area contributed by atoms with E-state index in [4.69, 9.17) is 22.1 Å². The van der Waals surface area contributed by atoms with Gasteiger partial charge in [-0.15, -0.1) is 0 Å². The van der Waals surface area contributed by atoms with Gasteiger partial charge in [-0.25, -0.2) is 13.2 Å². The van der Waals surface area contributed by atoms with Gasteiger partial charge in [0.05, 0.1) is 12.1 Å². The predicted octanol–water partition coefficient (Wildman–Crippen LogP) is 3.34. The average Bonchev–Trinajstić information content (AvgIpc) is 2.43. The lowest BCUT2D eigenvalue weighted by atomic mass is 10.1. The Hall–Kier alpha value is -2.29. The van der Waals surface area contributed by atoms with E-state index >= 15 is 0 Å². The Labute approximate surface area is 134 Å². The third-order valence-corrected chi connectivity index (χ3v) is 3.03. The molecule has 3 N–H and O–H groups in total. The Bertz CT molecular complexity index is 751. The van der Waals surface area contributed by atoms with Crippen LogP contribution in [0.4, 0.5) is 30.8 Å². The van der Waals surface area contributed by atoms with Crippen molar-refractivity contribution in [1.82, 2.24) is 15.0 Å². The van der Waals surface area contributed by atoms with E-state index in [1.165, 1.54) is 21.0 Å². The number of aromatic nitrogens is 3. The normalized spacial score (nSPS) is 11.4. The van der Waals surface area contributed by atoms with Gasteiger partial charge in [-0.05, 0) is 19.9 Å². The summed E-state index contributed by atoms with van der Waals surface area (Å²) in [5.41, 5.74) is 3.14. The molecule has 10 heteroatoms. The summed E-state index contributed by atoms with van der Waals surface area (Å²) in [5, 5.41) is 2.23. The average molecular weight is 348 g/mol. The number of nitrogens with zero attached hydrogens (tertiary/aromatic N) is 3. The summed E-state index contributed by atoms with van der Waals surface area (Å²) in [6, 6.07) is 0.763. The van der Waals surface area contributed by atoms with Gasteiger partial charge < -0.3 is 15.8 Å². The van der Waals surface area contributed by atoms with E-state index in [2.05, 4.69) is 20.3 Å². The summed E-state index contributed by atoms with van der Waals surface area (Å²) >= 11 is 5.80. The minimum Gasteiger partial charge on any atom is -0.493 e. The van der Waals surface area contributed by atoms with Crippen LogP contribution >= 0.6 is 11.6 Å². The molecule has 1 heterocycles. The molecule has 0 bridgehead atoms. The zero-order valence-corrected chi connectivity index (χ0v) is 13.2. The van der Waals surface area contributed by atoms with E-state index < -0.39 is 23.0 Å². The molecule has 0 aliphatic carbocycles. The maximum absolute atomic E-state index is 14.0. The molecule has 0 unspecified atom stereocenters. The number of rotatable bonds is 4. The van der Waals surface area contributed by atoms with Crippen molar-refractivity contribution in [1.29, 1.82) is 0 Å². The highest BCUT2D eigenvalue weighted by Gasteiger charge is 2.25. The van der Waals surface area contributed by atoms with Crippen LogP contribution in [0.5, 0.6) is 5.75 Å². The van der Waals surface area contributed by atoms with Gasteiger partial charge in [0.1, 0.15) is 5.69 Å². The molecule has 2 rings (SSSR count). The van der Waals surface area contributed by atoms with Crippen molar-refractivity contribution < 1.29 is 17.9 Å². The molecule has 0 aliphatic heterocycles. The zero-order valence-electron chi connectivity index (χ0n) is 12.4. The second kappa shape index (κ2) is 6.07. The molecule has 0 saturated carbocycles.